The summed E-state index contributed by atoms with van der Waals surface area (Å²) in [6.07, 6.45) is 0. The van der Waals surface area contributed by atoms with Crippen LogP contribution >= 0.6 is 12.4 Å². The minimum absolute atomic E-state index is 0. The number of nitrogens with one attached hydrogen (secondary N) is 1. The Morgan fingerprint density at radius 2 is 1.85 bits per heavy atom. The number of esters is 1. The molecule has 0 unspecified atom stereocenters. The molecule has 0 aliphatic heterocycles. The second-order valence-electron chi connectivity index (χ2n) is 5.37. The van der Waals surface area contributed by atoms with E-state index in [0.717, 1.165) is 5.56 Å². The highest BCUT2D eigenvalue weighted by molar-refractivity contribution is 5.85. The number of ether oxygens (including phenoxy) is 2. The smallest absolute Gasteiger partial charge is 0.325 e. The third-order valence-corrected chi connectivity index (χ3v) is 2.56. The van der Waals surface area contributed by atoms with Crippen molar-refractivity contribution in [2.75, 3.05) is 13.7 Å². The summed E-state index contributed by atoms with van der Waals surface area (Å²) in [6.45, 7) is 6.77. The molecule has 0 fully saturated rings. The molecule has 0 bridgehead atoms. The molecule has 5 heteroatoms. The molecule has 4 nitrogen and oxygen atoms in total. The van der Waals surface area contributed by atoms with Crippen molar-refractivity contribution in [3.63, 3.8) is 0 Å². The van der Waals surface area contributed by atoms with Crippen LogP contribution in [0.2, 0.25) is 0 Å². The topological polar surface area (TPSA) is 47.6 Å². The number of rotatable bonds is 6. The van der Waals surface area contributed by atoms with Gasteiger partial charge in [0.05, 0.1) is 19.3 Å². The van der Waals surface area contributed by atoms with Crippen LogP contribution in [0.25, 0.3) is 0 Å². The standard InChI is InChI=1S/C15H23NO3.ClH/c1-15(2,3)19-11-13(14(17)18-4)16-10-12-8-6-5-7-9-12;/h5-9,13,16H,10-11H2,1-4H3;1H/t13-;/m1./s1. The molecule has 1 rings (SSSR count). The molecule has 0 spiro atoms. The van der Waals surface area contributed by atoms with E-state index in [1.807, 2.05) is 51.1 Å². The van der Waals surface area contributed by atoms with Crippen molar-refractivity contribution in [1.29, 1.82) is 0 Å². The average molecular weight is 302 g/mol. The van der Waals surface area contributed by atoms with Crippen LogP contribution in [0.4, 0.5) is 0 Å². The van der Waals surface area contributed by atoms with Crippen molar-refractivity contribution in [3.8, 4) is 0 Å². The molecule has 0 saturated carbocycles. The molecule has 0 aromatic heterocycles. The highest BCUT2D eigenvalue weighted by Gasteiger charge is 2.22. The van der Waals surface area contributed by atoms with Gasteiger partial charge in [0.15, 0.2) is 0 Å². The number of carbonyl (C=O) groups is 1. The number of hydrogen-bond acceptors (Lipinski definition) is 4. The summed E-state index contributed by atoms with van der Waals surface area (Å²) in [4.78, 5) is 11.7. The first kappa shape index (κ1) is 18.9. The first-order valence-corrected chi connectivity index (χ1v) is 6.41. The van der Waals surface area contributed by atoms with Gasteiger partial charge in [-0.2, -0.15) is 0 Å². The van der Waals surface area contributed by atoms with Gasteiger partial charge in [-0.1, -0.05) is 30.3 Å². The molecule has 1 atom stereocenters. The van der Waals surface area contributed by atoms with Gasteiger partial charge in [-0.05, 0) is 26.3 Å². The molecule has 1 aromatic rings. The average Bonchev–Trinajstić information content (AvgIpc) is 2.38. The molecular weight excluding hydrogens is 278 g/mol. The Balaban J connectivity index is 0.00000361. The second-order valence-corrected chi connectivity index (χ2v) is 5.37. The molecule has 1 aromatic carbocycles. The van der Waals surface area contributed by atoms with Gasteiger partial charge in [-0.3, -0.25) is 10.1 Å². The van der Waals surface area contributed by atoms with Crippen LogP contribution in [0.5, 0.6) is 0 Å². The van der Waals surface area contributed by atoms with E-state index in [4.69, 9.17) is 9.47 Å². The van der Waals surface area contributed by atoms with Crippen LogP contribution in [0.3, 0.4) is 0 Å². The quantitative estimate of drug-likeness (QED) is 0.820. The molecule has 0 saturated heterocycles. The lowest BCUT2D eigenvalue weighted by molar-refractivity contribution is -0.146. The summed E-state index contributed by atoms with van der Waals surface area (Å²) in [7, 11) is 1.39. The SMILES string of the molecule is COC(=O)[C@@H](COC(C)(C)C)NCc1ccccc1.Cl. The van der Waals surface area contributed by atoms with E-state index in [2.05, 4.69) is 5.32 Å². The molecule has 0 aliphatic carbocycles. The maximum atomic E-state index is 11.7. The number of hydrogen-bond donors (Lipinski definition) is 1. The third kappa shape index (κ3) is 7.48. The molecule has 20 heavy (non-hydrogen) atoms. The summed E-state index contributed by atoms with van der Waals surface area (Å²) >= 11 is 0. The lowest BCUT2D eigenvalue weighted by atomic mass is 10.2. The predicted octanol–water partition coefficient (Wildman–Crippen LogP) is 2.55. The summed E-state index contributed by atoms with van der Waals surface area (Å²) in [5.74, 6) is -0.305. The van der Waals surface area contributed by atoms with Gasteiger partial charge < -0.3 is 9.47 Å². The van der Waals surface area contributed by atoms with E-state index < -0.39 is 6.04 Å². The van der Waals surface area contributed by atoms with Crippen molar-refractivity contribution < 1.29 is 14.3 Å². The lowest BCUT2D eigenvalue weighted by Crippen LogP contribution is -2.42. The second kappa shape index (κ2) is 8.95. The summed E-state index contributed by atoms with van der Waals surface area (Å²) < 4.78 is 10.4. The van der Waals surface area contributed by atoms with E-state index >= 15 is 0 Å². The van der Waals surface area contributed by atoms with Crippen LogP contribution in [0, 0.1) is 0 Å². The van der Waals surface area contributed by atoms with Gasteiger partial charge >= 0.3 is 5.97 Å². The summed E-state index contributed by atoms with van der Waals surface area (Å²) in [5, 5.41) is 3.16. The first-order chi connectivity index (χ1) is 8.92. The number of methoxy groups -OCH3 is 1. The molecular formula is C15H24ClNO3. The molecule has 0 aliphatic rings. The van der Waals surface area contributed by atoms with Crippen molar-refractivity contribution in [3.05, 3.63) is 35.9 Å². The van der Waals surface area contributed by atoms with Gasteiger partial charge in [-0.25, -0.2) is 0 Å². The summed E-state index contributed by atoms with van der Waals surface area (Å²) in [6, 6.07) is 9.46. The van der Waals surface area contributed by atoms with Crippen LogP contribution < -0.4 is 5.32 Å². The van der Waals surface area contributed by atoms with Crippen molar-refractivity contribution in [2.24, 2.45) is 0 Å². The van der Waals surface area contributed by atoms with E-state index in [1.165, 1.54) is 7.11 Å². The van der Waals surface area contributed by atoms with Crippen LogP contribution in [-0.4, -0.2) is 31.3 Å². The molecule has 114 valence electrons. The van der Waals surface area contributed by atoms with Crippen LogP contribution in [-0.2, 0) is 20.8 Å². The Morgan fingerprint density at radius 1 is 1.25 bits per heavy atom. The van der Waals surface area contributed by atoms with Gasteiger partial charge in [-0.15, -0.1) is 12.4 Å². The third-order valence-electron chi connectivity index (χ3n) is 2.56. The molecule has 1 N–H and O–H groups in total. The first-order valence-electron chi connectivity index (χ1n) is 6.41. The fourth-order valence-electron chi connectivity index (χ4n) is 1.52. The maximum Gasteiger partial charge on any atom is 0.325 e. The Hall–Kier alpha value is -1.10. The monoisotopic (exact) mass is 301 g/mol. The van der Waals surface area contributed by atoms with Crippen LogP contribution in [0.15, 0.2) is 30.3 Å². The van der Waals surface area contributed by atoms with Gasteiger partial charge in [0.25, 0.3) is 0 Å². The summed E-state index contributed by atoms with van der Waals surface area (Å²) in [5.41, 5.74) is 0.841. The zero-order valence-electron chi connectivity index (χ0n) is 12.5. The number of carbonyl (C=O) groups excluding carboxylic acids is 1. The number of halogens is 1. The van der Waals surface area contributed by atoms with Gasteiger partial charge in [0.1, 0.15) is 6.04 Å². The highest BCUT2D eigenvalue weighted by atomic mass is 35.5. The Morgan fingerprint density at radius 3 is 2.35 bits per heavy atom. The molecule has 0 radical (unpaired) electrons. The lowest BCUT2D eigenvalue weighted by Gasteiger charge is -2.24. The zero-order valence-corrected chi connectivity index (χ0v) is 13.3. The van der Waals surface area contributed by atoms with Crippen LogP contribution in [0.1, 0.15) is 26.3 Å². The zero-order chi connectivity index (χ0) is 14.3. The normalized spacial score (nSPS) is 12.4. The maximum absolute atomic E-state index is 11.7. The number of benzene rings is 1. The Labute approximate surface area is 127 Å². The van der Waals surface area contributed by atoms with E-state index in [-0.39, 0.29) is 24.0 Å². The van der Waals surface area contributed by atoms with Gasteiger partial charge in [0, 0.05) is 6.54 Å². The van der Waals surface area contributed by atoms with Crippen molar-refractivity contribution in [2.45, 2.75) is 39.0 Å². The van der Waals surface area contributed by atoms with E-state index in [0.29, 0.717) is 13.2 Å². The van der Waals surface area contributed by atoms with Crippen molar-refractivity contribution in [1.82, 2.24) is 5.32 Å². The fourth-order valence-corrected chi connectivity index (χ4v) is 1.52. The minimum atomic E-state index is -0.454. The fraction of sp³-hybridized carbons (Fsp3) is 0.533. The predicted molar refractivity (Wildman–Crippen MR) is 82.0 cm³/mol. The van der Waals surface area contributed by atoms with E-state index in [1.54, 1.807) is 0 Å². The Bertz CT molecular complexity index is 390. The minimum Gasteiger partial charge on any atom is -0.468 e. The van der Waals surface area contributed by atoms with Gasteiger partial charge in [0.2, 0.25) is 0 Å². The van der Waals surface area contributed by atoms with E-state index in [9.17, 15) is 4.79 Å². The van der Waals surface area contributed by atoms with Crippen molar-refractivity contribution >= 4 is 18.4 Å². The molecule has 0 amide bonds. The highest BCUT2D eigenvalue weighted by Crippen LogP contribution is 2.08. The Kier molecular flexibility index (Phi) is 8.46. The largest absolute Gasteiger partial charge is 0.468 e. The molecule has 0 heterocycles.